The Kier molecular flexibility index (Phi) is 6.82. The number of nitrogens with zero attached hydrogens (tertiary/aromatic N) is 2. The zero-order valence-electron chi connectivity index (χ0n) is 17.4. The predicted octanol–water partition coefficient (Wildman–Crippen LogP) is 4.50. The van der Waals surface area contributed by atoms with Gasteiger partial charge in [-0.05, 0) is 49.4 Å². The van der Waals surface area contributed by atoms with Crippen LogP contribution in [-0.4, -0.2) is 28.5 Å². The molecule has 0 saturated carbocycles. The molecule has 0 bridgehead atoms. The van der Waals surface area contributed by atoms with Gasteiger partial charge in [-0.1, -0.05) is 0 Å². The summed E-state index contributed by atoms with van der Waals surface area (Å²) >= 11 is 0. The van der Waals surface area contributed by atoms with E-state index in [0.29, 0.717) is 23.8 Å². The van der Waals surface area contributed by atoms with Crippen LogP contribution in [0, 0.1) is 6.92 Å². The fourth-order valence-corrected chi connectivity index (χ4v) is 2.96. The highest BCUT2D eigenvalue weighted by atomic mass is 19.4. The molecule has 0 spiro atoms. The quantitative estimate of drug-likeness (QED) is 0.560. The van der Waals surface area contributed by atoms with Crippen LogP contribution in [0.4, 0.5) is 24.5 Å². The van der Waals surface area contributed by atoms with E-state index >= 15 is 0 Å². The van der Waals surface area contributed by atoms with E-state index in [9.17, 15) is 22.8 Å². The van der Waals surface area contributed by atoms with E-state index in [2.05, 4.69) is 15.6 Å². The molecule has 2 aromatic carbocycles. The van der Waals surface area contributed by atoms with Gasteiger partial charge in [0.15, 0.2) is 0 Å². The number of imidazole rings is 1. The van der Waals surface area contributed by atoms with Gasteiger partial charge in [-0.25, -0.2) is 4.98 Å². The summed E-state index contributed by atoms with van der Waals surface area (Å²) < 4.78 is 46.9. The van der Waals surface area contributed by atoms with Crippen molar-refractivity contribution in [2.45, 2.75) is 26.1 Å². The first-order valence-corrected chi connectivity index (χ1v) is 9.61. The number of amides is 2. The standard InChI is InChI=1S/C22H21F3N4O3/c1-14-26-8-10-29(14)9-7-20(30)27-18-12-15(11-16(13-18)22(23,24)25)21(31)28-17-3-5-19(32-2)6-4-17/h3-6,8,10-13H,7,9H2,1-2H3,(H,27,30)(H,28,31). The maximum absolute atomic E-state index is 13.4. The monoisotopic (exact) mass is 446 g/mol. The van der Waals surface area contributed by atoms with Crippen LogP contribution in [0.25, 0.3) is 0 Å². The van der Waals surface area contributed by atoms with E-state index in [0.717, 1.165) is 12.1 Å². The third kappa shape index (κ3) is 5.87. The number of aromatic nitrogens is 2. The zero-order chi connectivity index (χ0) is 23.3. The summed E-state index contributed by atoms with van der Waals surface area (Å²) in [7, 11) is 1.49. The van der Waals surface area contributed by atoms with Crippen LogP contribution >= 0.6 is 0 Å². The summed E-state index contributed by atoms with van der Waals surface area (Å²) in [6.07, 6.45) is -1.37. The van der Waals surface area contributed by atoms with Crippen molar-refractivity contribution in [3.63, 3.8) is 0 Å². The highest BCUT2D eigenvalue weighted by Crippen LogP contribution is 2.32. The fraction of sp³-hybridized carbons (Fsp3) is 0.227. The minimum Gasteiger partial charge on any atom is -0.497 e. The maximum Gasteiger partial charge on any atom is 0.416 e. The van der Waals surface area contributed by atoms with Crippen molar-refractivity contribution in [3.8, 4) is 5.75 Å². The van der Waals surface area contributed by atoms with Gasteiger partial charge in [-0.3, -0.25) is 9.59 Å². The van der Waals surface area contributed by atoms with Gasteiger partial charge in [-0.2, -0.15) is 13.2 Å². The molecule has 7 nitrogen and oxygen atoms in total. The molecule has 0 fully saturated rings. The SMILES string of the molecule is COc1ccc(NC(=O)c2cc(NC(=O)CCn3ccnc3C)cc(C(F)(F)F)c2)cc1. The minimum absolute atomic E-state index is 0.0286. The maximum atomic E-state index is 13.4. The normalized spacial score (nSPS) is 11.2. The smallest absolute Gasteiger partial charge is 0.416 e. The molecule has 3 aromatic rings. The van der Waals surface area contributed by atoms with Crippen molar-refractivity contribution in [2.24, 2.45) is 0 Å². The molecule has 10 heteroatoms. The molecule has 0 radical (unpaired) electrons. The average Bonchev–Trinajstić information content (AvgIpc) is 3.16. The molecular weight excluding hydrogens is 425 g/mol. The number of alkyl halides is 3. The first kappa shape index (κ1) is 22.9. The highest BCUT2D eigenvalue weighted by Gasteiger charge is 2.32. The molecule has 2 N–H and O–H groups in total. The topological polar surface area (TPSA) is 85.3 Å². The lowest BCUT2D eigenvalue weighted by Gasteiger charge is -2.14. The number of carbonyl (C=O) groups is 2. The molecule has 2 amide bonds. The number of methoxy groups -OCH3 is 1. The Bertz CT molecular complexity index is 1110. The zero-order valence-corrected chi connectivity index (χ0v) is 17.4. The first-order valence-electron chi connectivity index (χ1n) is 9.61. The summed E-state index contributed by atoms with van der Waals surface area (Å²) in [5.74, 6) is 0.0528. The summed E-state index contributed by atoms with van der Waals surface area (Å²) in [5.41, 5.74) is -1.02. The second-order valence-corrected chi connectivity index (χ2v) is 6.95. The molecule has 0 aliphatic rings. The Balaban J connectivity index is 1.77. The third-order valence-electron chi connectivity index (χ3n) is 4.66. The predicted molar refractivity (Wildman–Crippen MR) is 113 cm³/mol. The number of ether oxygens (including phenoxy) is 1. The molecule has 1 heterocycles. The fourth-order valence-electron chi connectivity index (χ4n) is 2.96. The van der Waals surface area contributed by atoms with Crippen molar-refractivity contribution in [3.05, 3.63) is 71.8 Å². The number of aryl methyl sites for hydroxylation is 2. The Morgan fingerprint density at radius 1 is 1.06 bits per heavy atom. The van der Waals surface area contributed by atoms with Crippen molar-refractivity contribution in [1.82, 2.24) is 9.55 Å². The molecule has 0 aliphatic heterocycles. The van der Waals surface area contributed by atoms with E-state index in [1.54, 1.807) is 48.1 Å². The van der Waals surface area contributed by atoms with Crippen molar-refractivity contribution in [1.29, 1.82) is 0 Å². The van der Waals surface area contributed by atoms with Gasteiger partial charge in [-0.15, -0.1) is 0 Å². The largest absolute Gasteiger partial charge is 0.497 e. The lowest BCUT2D eigenvalue weighted by Crippen LogP contribution is -2.18. The van der Waals surface area contributed by atoms with Crippen molar-refractivity contribution >= 4 is 23.2 Å². The number of rotatable bonds is 7. The number of hydrogen-bond acceptors (Lipinski definition) is 4. The summed E-state index contributed by atoms with van der Waals surface area (Å²) in [4.78, 5) is 28.9. The van der Waals surface area contributed by atoms with E-state index < -0.39 is 23.6 Å². The van der Waals surface area contributed by atoms with Gasteiger partial charge >= 0.3 is 6.18 Å². The van der Waals surface area contributed by atoms with Crippen LogP contribution in [-0.2, 0) is 17.5 Å². The molecule has 0 saturated heterocycles. The number of nitrogens with one attached hydrogen (secondary N) is 2. The second-order valence-electron chi connectivity index (χ2n) is 6.95. The average molecular weight is 446 g/mol. The Labute approximate surface area is 182 Å². The van der Waals surface area contributed by atoms with Crippen LogP contribution < -0.4 is 15.4 Å². The Morgan fingerprint density at radius 2 is 1.78 bits per heavy atom. The second kappa shape index (κ2) is 9.54. The highest BCUT2D eigenvalue weighted by molar-refractivity contribution is 6.05. The van der Waals surface area contributed by atoms with Gasteiger partial charge in [0, 0.05) is 42.3 Å². The molecule has 0 aliphatic carbocycles. The summed E-state index contributed by atoms with van der Waals surface area (Å²) in [6.45, 7) is 2.10. The van der Waals surface area contributed by atoms with E-state index in [-0.39, 0.29) is 17.7 Å². The molecule has 0 atom stereocenters. The van der Waals surface area contributed by atoms with Gasteiger partial charge in [0.1, 0.15) is 11.6 Å². The first-order chi connectivity index (χ1) is 15.2. The Hall–Kier alpha value is -3.82. The lowest BCUT2D eigenvalue weighted by atomic mass is 10.1. The molecule has 1 aromatic heterocycles. The number of benzene rings is 2. The van der Waals surface area contributed by atoms with Crippen LogP contribution in [0.2, 0.25) is 0 Å². The van der Waals surface area contributed by atoms with Crippen LogP contribution in [0.1, 0.15) is 28.2 Å². The number of carbonyl (C=O) groups excluding carboxylic acids is 2. The van der Waals surface area contributed by atoms with E-state index in [4.69, 9.17) is 4.74 Å². The molecule has 0 unspecified atom stereocenters. The van der Waals surface area contributed by atoms with Gasteiger partial charge in [0.2, 0.25) is 5.91 Å². The van der Waals surface area contributed by atoms with Crippen LogP contribution in [0.5, 0.6) is 5.75 Å². The molecule has 168 valence electrons. The molecular formula is C22H21F3N4O3. The number of halogens is 3. The third-order valence-corrected chi connectivity index (χ3v) is 4.66. The minimum atomic E-state index is -4.69. The molecule has 32 heavy (non-hydrogen) atoms. The van der Waals surface area contributed by atoms with Crippen LogP contribution in [0.15, 0.2) is 54.9 Å². The Morgan fingerprint density at radius 3 is 2.38 bits per heavy atom. The van der Waals surface area contributed by atoms with Crippen molar-refractivity contribution < 1.29 is 27.5 Å². The van der Waals surface area contributed by atoms with Gasteiger partial charge < -0.3 is 19.9 Å². The molecule has 3 rings (SSSR count). The number of anilines is 2. The summed E-state index contributed by atoms with van der Waals surface area (Å²) in [5, 5.41) is 4.98. The van der Waals surface area contributed by atoms with Gasteiger partial charge in [0.25, 0.3) is 5.91 Å². The summed E-state index contributed by atoms with van der Waals surface area (Å²) in [6, 6.07) is 9.07. The van der Waals surface area contributed by atoms with E-state index in [1.165, 1.54) is 13.2 Å². The van der Waals surface area contributed by atoms with Crippen LogP contribution in [0.3, 0.4) is 0 Å². The number of hydrogen-bond donors (Lipinski definition) is 2. The van der Waals surface area contributed by atoms with Gasteiger partial charge in [0.05, 0.1) is 12.7 Å². The lowest BCUT2D eigenvalue weighted by molar-refractivity contribution is -0.137. The van der Waals surface area contributed by atoms with E-state index in [1.807, 2.05) is 0 Å². The van der Waals surface area contributed by atoms with Crippen molar-refractivity contribution in [2.75, 3.05) is 17.7 Å².